The van der Waals surface area contributed by atoms with Crippen molar-refractivity contribution in [2.75, 3.05) is 0 Å². The lowest BCUT2D eigenvalue weighted by molar-refractivity contribution is 0.466. The zero-order valence-electron chi connectivity index (χ0n) is 9.63. The van der Waals surface area contributed by atoms with Gasteiger partial charge in [0.05, 0.1) is 6.04 Å². The fourth-order valence-corrected chi connectivity index (χ4v) is 2.74. The summed E-state index contributed by atoms with van der Waals surface area (Å²) in [5.41, 5.74) is 8.39. The number of rotatable bonds is 2. The van der Waals surface area contributed by atoms with Gasteiger partial charge in [0, 0.05) is 8.95 Å². The Hall–Kier alpha value is -0.580. The molecule has 0 aliphatic carbocycles. The Kier molecular flexibility index (Phi) is 3.76. The molecule has 4 heteroatoms. The van der Waals surface area contributed by atoms with Gasteiger partial charge < -0.3 is 10.2 Å². The molecule has 1 aromatic carbocycles. The van der Waals surface area contributed by atoms with Crippen molar-refractivity contribution in [1.29, 1.82) is 0 Å². The first-order valence-corrected chi connectivity index (χ1v) is 6.85. The Morgan fingerprint density at radius 3 is 2.41 bits per heavy atom. The van der Waals surface area contributed by atoms with Crippen molar-refractivity contribution in [2.45, 2.75) is 19.9 Å². The number of hydrogen-bond donors (Lipinski definition) is 1. The predicted molar refractivity (Wildman–Crippen MR) is 76.1 cm³/mol. The van der Waals surface area contributed by atoms with Gasteiger partial charge in [-0.15, -0.1) is 0 Å². The van der Waals surface area contributed by atoms with Gasteiger partial charge in [-0.3, -0.25) is 0 Å². The van der Waals surface area contributed by atoms with Crippen LogP contribution in [0.4, 0.5) is 0 Å². The van der Waals surface area contributed by atoms with E-state index in [1.165, 1.54) is 5.56 Å². The maximum atomic E-state index is 6.20. The van der Waals surface area contributed by atoms with E-state index in [4.69, 9.17) is 10.2 Å². The molecular formula is C13H13Br2NO. The fraction of sp³-hybridized carbons (Fsp3) is 0.231. The third kappa shape index (κ3) is 2.64. The predicted octanol–water partition coefficient (Wildman–Crippen LogP) is 4.47. The van der Waals surface area contributed by atoms with Gasteiger partial charge >= 0.3 is 0 Å². The highest BCUT2D eigenvalue weighted by Gasteiger charge is 2.16. The van der Waals surface area contributed by atoms with Gasteiger partial charge in [-0.25, -0.2) is 0 Å². The molecule has 2 aromatic rings. The molecule has 0 radical (unpaired) electrons. The average Bonchev–Trinajstić information content (AvgIpc) is 2.69. The second-order valence-electron chi connectivity index (χ2n) is 4.05. The van der Waals surface area contributed by atoms with E-state index in [9.17, 15) is 0 Å². The molecule has 0 amide bonds. The topological polar surface area (TPSA) is 39.2 Å². The van der Waals surface area contributed by atoms with Crippen molar-refractivity contribution in [3.8, 4) is 0 Å². The van der Waals surface area contributed by atoms with Crippen LogP contribution in [0.15, 0.2) is 37.6 Å². The number of aryl methyl sites for hydroxylation is 2. The third-order valence-electron chi connectivity index (χ3n) is 2.68. The summed E-state index contributed by atoms with van der Waals surface area (Å²) in [5, 5.41) is 0. The van der Waals surface area contributed by atoms with Crippen LogP contribution >= 0.6 is 31.9 Å². The molecule has 0 aliphatic rings. The first-order chi connectivity index (χ1) is 7.99. The minimum Gasteiger partial charge on any atom is -0.464 e. The van der Waals surface area contributed by atoms with E-state index in [1.54, 1.807) is 0 Å². The average molecular weight is 359 g/mol. The van der Waals surface area contributed by atoms with Crippen molar-refractivity contribution >= 4 is 31.9 Å². The van der Waals surface area contributed by atoms with Crippen molar-refractivity contribution in [1.82, 2.24) is 0 Å². The molecule has 2 nitrogen and oxygen atoms in total. The van der Waals surface area contributed by atoms with Crippen LogP contribution in [-0.2, 0) is 0 Å². The molecular weight excluding hydrogens is 346 g/mol. The summed E-state index contributed by atoms with van der Waals surface area (Å²) in [4.78, 5) is 0. The Morgan fingerprint density at radius 1 is 1.12 bits per heavy atom. The van der Waals surface area contributed by atoms with Gasteiger partial charge in [0.1, 0.15) is 11.5 Å². The quantitative estimate of drug-likeness (QED) is 0.860. The maximum Gasteiger partial charge on any atom is 0.125 e. The summed E-state index contributed by atoms with van der Waals surface area (Å²) in [7, 11) is 0. The zero-order valence-corrected chi connectivity index (χ0v) is 12.8. The van der Waals surface area contributed by atoms with Crippen LogP contribution in [0.3, 0.4) is 0 Å². The Bertz CT molecular complexity index is 548. The molecule has 2 rings (SSSR count). The molecule has 0 aliphatic heterocycles. The minimum absolute atomic E-state index is 0.255. The number of halogens is 2. The van der Waals surface area contributed by atoms with Crippen molar-refractivity contribution in [3.63, 3.8) is 0 Å². The Labute approximate surface area is 117 Å². The maximum absolute atomic E-state index is 6.20. The van der Waals surface area contributed by atoms with Gasteiger partial charge in [-0.2, -0.15) is 0 Å². The van der Waals surface area contributed by atoms with E-state index in [2.05, 4.69) is 37.9 Å². The van der Waals surface area contributed by atoms with E-state index in [0.29, 0.717) is 0 Å². The molecule has 0 spiro atoms. The van der Waals surface area contributed by atoms with Crippen LogP contribution in [0.1, 0.15) is 28.7 Å². The first kappa shape index (κ1) is 12.9. The molecule has 1 heterocycles. The van der Waals surface area contributed by atoms with Crippen molar-refractivity contribution in [3.05, 3.63) is 55.9 Å². The second-order valence-corrected chi connectivity index (χ2v) is 5.76. The van der Waals surface area contributed by atoms with Crippen LogP contribution in [0, 0.1) is 13.8 Å². The Balaban J connectivity index is 2.43. The highest BCUT2D eigenvalue weighted by Crippen LogP contribution is 2.32. The molecule has 0 bridgehead atoms. The monoisotopic (exact) mass is 357 g/mol. The molecule has 90 valence electrons. The lowest BCUT2D eigenvalue weighted by Gasteiger charge is -2.13. The number of nitrogens with two attached hydrogens (primary N) is 1. The molecule has 0 saturated carbocycles. The van der Waals surface area contributed by atoms with E-state index in [1.807, 2.05) is 32.0 Å². The summed E-state index contributed by atoms with van der Waals surface area (Å²) in [6, 6.07) is 7.67. The van der Waals surface area contributed by atoms with Gasteiger partial charge in [0.15, 0.2) is 0 Å². The lowest BCUT2D eigenvalue weighted by atomic mass is 10.0. The summed E-state index contributed by atoms with van der Waals surface area (Å²) in [6.07, 6.45) is 0. The molecule has 1 aromatic heterocycles. The van der Waals surface area contributed by atoms with Crippen LogP contribution in [-0.4, -0.2) is 0 Å². The second kappa shape index (κ2) is 4.96. The smallest absolute Gasteiger partial charge is 0.125 e. The van der Waals surface area contributed by atoms with E-state index >= 15 is 0 Å². The first-order valence-electron chi connectivity index (χ1n) is 5.26. The summed E-state index contributed by atoms with van der Waals surface area (Å²) in [6.45, 7) is 3.96. The largest absolute Gasteiger partial charge is 0.464 e. The molecule has 1 unspecified atom stereocenters. The molecule has 1 atom stereocenters. The van der Waals surface area contributed by atoms with Crippen LogP contribution < -0.4 is 5.73 Å². The molecule has 0 fully saturated rings. The summed E-state index contributed by atoms with van der Waals surface area (Å²) >= 11 is 7.06. The third-order valence-corrected chi connectivity index (χ3v) is 4.22. The van der Waals surface area contributed by atoms with Gasteiger partial charge in [0.2, 0.25) is 0 Å². The number of benzene rings is 1. The standard InChI is InChI=1S/C13H13Br2NO/c1-7-5-11(15)9(6-10(7)14)13(16)12-4-3-8(2)17-12/h3-6,13H,16H2,1-2H3. The Morgan fingerprint density at radius 2 is 1.82 bits per heavy atom. The lowest BCUT2D eigenvalue weighted by Crippen LogP contribution is -2.11. The number of furan rings is 1. The van der Waals surface area contributed by atoms with Gasteiger partial charge in [-0.1, -0.05) is 31.9 Å². The van der Waals surface area contributed by atoms with E-state index in [0.717, 1.165) is 26.0 Å². The number of hydrogen-bond acceptors (Lipinski definition) is 2. The van der Waals surface area contributed by atoms with Crippen LogP contribution in [0.2, 0.25) is 0 Å². The fourth-order valence-electron chi connectivity index (χ4n) is 1.67. The van der Waals surface area contributed by atoms with Crippen LogP contribution in [0.25, 0.3) is 0 Å². The van der Waals surface area contributed by atoms with Crippen LogP contribution in [0.5, 0.6) is 0 Å². The van der Waals surface area contributed by atoms with Crippen molar-refractivity contribution < 1.29 is 4.42 Å². The highest BCUT2D eigenvalue weighted by atomic mass is 79.9. The normalized spacial score (nSPS) is 12.8. The van der Waals surface area contributed by atoms with E-state index in [-0.39, 0.29) is 6.04 Å². The SMILES string of the molecule is Cc1ccc(C(N)c2cc(Br)c(C)cc2Br)o1. The highest BCUT2D eigenvalue weighted by molar-refractivity contribution is 9.11. The van der Waals surface area contributed by atoms with Gasteiger partial charge in [-0.05, 0) is 49.2 Å². The molecule has 2 N–H and O–H groups in total. The molecule has 17 heavy (non-hydrogen) atoms. The summed E-state index contributed by atoms with van der Waals surface area (Å²) < 4.78 is 7.61. The van der Waals surface area contributed by atoms with Crippen molar-refractivity contribution in [2.24, 2.45) is 5.73 Å². The van der Waals surface area contributed by atoms with E-state index < -0.39 is 0 Å². The molecule has 0 saturated heterocycles. The zero-order chi connectivity index (χ0) is 12.6. The van der Waals surface area contributed by atoms with Gasteiger partial charge in [0.25, 0.3) is 0 Å². The minimum atomic E-state index is -0.255. The summed E-state index contributed by atoms with van der Waals surface area (Å²) in [5.74, 6) is 1.65.